The summed E-state index contributed by atoms with van der Waals surface area (Å²) in [5, 5.41) is 10.5. The molecule has 1 aromatic heterocycles. The van der Waals surface area contributed by atoms with Crippen molar-refractivity contribution in [2.45, 2.75) is 90.7 Å². The molecule has 0 radical (unpaired) electrons. The fourth-order valence-electron chi connectivity index (χ4n) is 3.84. The number of carbonyl (C=O) groups is 2. The van der Waals surface area contributed by atoms with Crippen molar-refractivity contribution in [1.82, 2.24) is 20.4 Å². The summed E-state index contributed by atoms with van der Waals surface area (Å²) < 4.78 is 7.27. The second kappa shape index (κ2) is 8.97. The lowest BCUT2D eigenvalue weighted by Crippen LogP contribution is -2.56. The molecule has 1 fully saturated rings. The number of rotatable bonds is 5. The first-order valence-corrected chi connectivity index (χ1v) is 10.3. The van der Waals surface area contributed by atoms with Crippen LogP contribution in [0.2, 0.25) is 0 Å². The third-order valence-corrected chi connectivity index (χ3v) is 5.45. The van der Waals surface area contributed by atoms with Gasteiger partial charge in [-0.2, -0.15) is 5.10 Å². The first-order valence-electron chi connectivity index (χ1n) is 10.3. The molecule has 1 aliphatic rings. The number of ether oxygens (including phenoxy) is 1. The van der Waals surface area contributed by atoms with E-state index in [2.05, 4.69) is 15.7 Å². The van der Waals surface area contributed by atoms with Crippen molar-refractivity contribution < 1.29 is 14.3 Å². The van der Waals surface area contributed by atoms with Crippen LogP contribution in [0, 0.1) is 13.8 Å². The molecular formula is C21H36N4O3. The van der Waals surface area contributed by atoms with Gasteiger partial charge in [0.1, 0.15) is 5.60 Å². The molecule has 158 valence electrons. The number of aromatic nitrogens is 2. The largest absolute Gasteiger partial charge is 0.444 e. The van der Waals surface area contributed by atoms with Gasteiger partial charge in [0, 0.05) is 24.8 Å². The Labute approximate surface area is 168 Å². The molecule has 0 atom stereocenters. The molecule has 1 heterocycles. The van der Waals surface area contributed by atoms with Gasteiger partial charge in [-0.15, -0.1) is 0 Å². The molecule has 7 heteroatoms. The quantitative estimate of drug-likeness (QED) is 0.753. The molecule has 2 N–H and O–H groups in total. The first-order chi connectivity index (χ1) is 13.0. The number of hydrogen-bond donors (Lipinski definition) is 2. The summed E-state index contributed by atoms with van der Waals surface area (Å²) in [6, 6.07) is 0. The van der Waals surface area contributed by atoms with Crippen molar-refractivity contribution in [3.05, 3.63) is 17.0 Å². The Morgan fingerprint density at radius 2 is 1.75 bits per heavy atom. The summed E-state index contributed by atoms with van der Waals surface area (Å²) in [6.07, 6.45) is 5.95. The van der Waals surface area contributed by atoms with Crippen LogP contribution >= 0.6 is 0 Å². The van der Waals surface area contributed by atoms with Gasteiger partial charge in [0.05, 0.1) is 17.7 Å². The van der Waals surface area contributed by atoms with E-state index in [-0.39, 0.29) is 5.91 Å². The summed E-state index contributed by atoms with van der Waals surface area (Å²) in [6.45, 7) is 9.88. The molecule has 7 nitrogen and oxygen atoms in total. The van der Waals surface area contributed by atoms with E-state index < -0.39 is 17.2 Å². The van der Waals surface area contributed by atoms with Crippen LogP contribution in [0.4, 0.5) is 4.79 Å². The standard InChI is InChI=1S/C21H36N4O3/c1-15-17(16(2)25(6)24-15)13-18(26)22-14-21(11-9-7-8-10-12-21)23-19(27)28-20(3,4)5/h7-14H2,1-6H3,(H,22,26)(H,23,27). The topological polar surface area (TPSA) is 85.3 Å². The maximum absolute atomic E-state index is 12.6. The summed E-state index contributed by atoms with van der Waals surface area (Å²) in [4.78, 5) is 25.0. The lowest BCUT2D eigenvalue weighted by atomic mass is 9.90. The highest BCUT2D eigenvalue weighted by atomic mass is 16.6. The van der Waals surface area contributed by atoms with E-state index in [4.69, 9.17) is 4.74 Å². The molecule has 1 aromatic rings. The molecule has 0 aromatic carbocycles. The molecule has 2 amide bonds. The Morgan fingerprint density at radius 3 is 2.25 bits per heavy atom. The Balaban J connectivity index is 2.03. The van der Waals surface area contributed by atoms with Gasteiger partial charge < -0.3 is 15.4 Å². The molecule has 0 unspecified atom stereocenters. The van der Waals surface area contributed by atoms with Crippen LogP contribution in [-0.4, -0.2) is 39.5 Å². The first kappa shape index (κ1) is 22.2. The maximum atomic E-state index is 12.6. The molecule has 0 spiro atoms. The predicted octanol–water partition coefficient (Wildman–Crippen LogP) is 3.31. The Bertz CT molecular complexity index is 695. The fourth-order valence-corrected chi connectivity index (χ4v) is 3.84. The summed E-state index contributed by atoms with van der Waals surface area (Å²) in [7, 11) is 1.88. The maximum Gasteiger partial charge on any atom is 0.408 e. The zero-order valence-electron chi connectivity index (χ0n) is 18.3. The number of carbonyl (C=O) groups excluding carboxylic acids is 2. The van der Waals surface area contributed by atoms with Crippen LogP contribution in [0.15, 0.2) is 0 Å². The van der Waals surface area contributed by atoms with Crippen molar-refractivity contribution in [2.75, 3.05) is 6.54 Å². The fraction of sp³-hybridized carbons (Fsp3) is 0.762. The second-order valence-electron chi connectivity index (χ2n) is 9.05. The average molecular weight is 393 g/mol. The van der Waals surface area contributed by atoms with Crippen molar-refractivity contribution in [3.63, 3.8) is 0 Å². The monoisotopic (exact) mass is 392 g/mol. The van der Waals surface area contributed by atoms with E-state index in [1.165, 1.54) is 0 Å². The Morgan fingerprint density at radius 1 is 1.14 bits per heavy atom. The van der Waals surface area contributed by atoms with Gasteiger partial charge in [-0.25, -0.2) is 4.79 Å². The normalized spacial score (nSPS) is 16.9. The molecule has 0 bridgehead atoms. The minimum atomic E-state index is -0.547. The third-order valence-electron chi connectivity index (χ3n) is 5.45. The zero-order valence-corrected chi connectivity index (χ0v) is 18.3. The number of amides is 2. The zero-order chi connectivity index (χ0) is 20.9. The van der Waals surface area contributed by atoms with E-state index >= 15 is 0 Å². The lowest BCUT2D eigenvalue weighted by molar-refractivity contribution is -0.120. The van der Waals surface area contributed by atoms with Crippen molar-refractivity contribution in [1.29, 1.82) is 0 Å². The minimum Gasteiger partial charge on any atom is -0.444 e. The molecular weight excluding hydrogens is 356 g/mol. The van der Waals surface area contributed by atoms with Crippen LogP contribution < -0.4 is 10.6 Å². The van der Waals surface area contributed by atoms with Crippen LogP contribution in [0.1, 0.15) is 76.2 Å². The van der Waals surface area contributed by atoms with Crippen LogP contribution in [-0.2, 0) is 23.0 Å². The van der Waals surface area contributed by atoms with Crippen molar-refractivity contribution in [3.8, 4) is 0 Å². The minimum absolute atomic E-state index is 0.0474. The number of aryl methyl sites for hydroxylation is 2. The summed E-state index contributed by atoms with van der Waals surface area (Å²) >= 11 is 0. The van der Waals surface area contributed by atoms with Crippen molar-refractivity contribution in [2.24, 2.45) is 7.05 Å². The van der Waals surface area contributed by atoms with Crippen LogP contribution in [0.3, 0.4) is 0 Å². The highest BCUT2D eigenvalue weighted by Crippen LogP contribution is 2.27. The van der Waals surface area contributed by atoms with E-state index in [1.54, 1.807) is 4.68 Å². The molecule has 0 aliphatic heterocycles. The van der Waals surface area contributed by atoms with Gasteiger partial charge in [-0.3, -0.25) is 9.48 Å². The molecule has 0 saturated heterocycles. The van der Waals surface area contributed by atoms with Crippen LogP contribution in [0.25, 0.3) is 0 Å². The lowest BCUT2D eigenvalue weighted by Gasteiger charge is -2.35. The predicted molar refractivity (Wildman–Crippen MR) is 109 cm³/mol. The SMILES string of the molecule is Cc1nn(C)c(C)c1CC(=O)NCC1(NC(=O)OC(C)(C)C)CCCCCC1. The molecule has 1 saturated carbocycles. The highest BCUT2D eigenvalue weighted by Gasteiger charge is 2.34. The van der Waals surface area contributed by atoms with E-state index in [9.17, 15) is 9.59 Å². The van der Waals surface area contributed by atoms with Gasteiger partial charge in [0.15, 0.2) is 0 Å². The van der Waals surface area contributed by atoms with Gasteiger partial charge >= 0.3 is 6.09 Å². The second-order valence-corrected chi connectivity index (χ2v) is 9.05. The number of nitrogens with one attached hydrogen (secondary N) is 2. The molecule has 28 heavy (non-hydrogen) atoms. The van der Waals surface area contributed by atoms with Gasteiger partial charge in [-0.05, 0) is 47.5 Å². The number of alkyl carbamates (subject to hydrolysis) is 1. The molecule has 2 rings (SSSR count). The van der Waals surface area contributed by atoms with Gasteiger partial charge in [-0.1, -0.05) is 25.7 Å². The highest BCUT2D eigenvalue weighted by molar-refractivity contribution is 5.79. The van der Waals surface area contributed by atoms with E-state index in [1.807, 2.05) is 41.7 Å². The Hall–Kier alpha value is -2.05. The molecule has 1 aliphatic carbocycles. The number of hydrogen-bond acceptors (Lipinski definition) is 4. The van der Waals surface area contributed by atoms with E-state index in [0.717, 1.165) is 55.5 Å². The Kier molecular flexibility index (Phi) is 7.12. The number of nitrogens with zero attached hydrogens (tertiary/aromatic N) is 2. The van der Waals surface area contributed by atoms with E-state index in [0.29, 0.717) is 13.0 Å². The summed E-state index contributed by atoms with van der Waals surface area (Å²) in [5.41, 5.74) is 1.85. The van der Waals surface area contributed by atoms with Crippen LogP contribution in [0.5, 0.6) is 0 Å². The van der Waals surface area contributed by atoms with Gasteiger partial charge in [0.25, 0.3) is 0 Å². The average Bonchev–Trinajstić information content (AvgIpc) is 2.75. The third kappa shape index (κ3) is 6.24. The van der Waals surface area contributed by atoms with Gasteiger partial charge in [0.2, 0.25) is 5.91 Å². The van der Waals surface area contributed by atoms with Crippen molar-refractivity contribution >= 4 is 12.0 Å². The smallest absolute Gasteiger partial charge is 0.408 e. The summed E-state index contributed by atoms with van der Waals surface area (Å²) in [5.74, 6) is -0.0474.